The Labute approximate surface area is 47.9 Å². The molecule has 0 bridgehead atoms. The molecule has 1 radical (unpaired) electrons. The Balaban J connectivity index is 2.62. The number of hydrogen-bond acceptors (Lipinski definition) is 2. The number of rotatable bonds is 2. The van der Waals surface area contributed by atoms with E-state index in [9.17, 15) is 0 Å². The van der Waals surface area contributed by atoms with E-state index < -0.39 is 0 Å². The van der Waals surface area contributed by atoms with Crippen molar-refractivity contribution in [3.05, 3.63) is 31.0 Å². The normalized spacial score (nSPS) is 9.00. The Hall–Kier alpha value is -1.05. The van der Waals surface area contributed by atoms with Crippen molar-refractivity contribution >= 4 is 0 Å². The maximum atomic E-state index is 4.84. The van der Waals surface area contributed by atoms with Gasteiger partial charge in [-0.25, -0.2) is 4.98 Å². The molecule has 41 valence electrons. The summed E-state index contributed by atoms with van der Waals surface area (Å²) in [6, 6.07) is 0. The lowest BCUT2D eigenvalue weighted by atomic mass is 10.4. The third kappa shape index (κ3) is 0.964. The minimum absolute atomic E-state index is 0.667. The minimum atomic E-state index is 0.667. The molecule has 0 aliphatic carbocycles. The highest BCUT2D eigenvalue weighted by atomic mass is 16.3. The summed E-state index contributed by atoms with van der Waals surface area (Å²) in [5.41, 5.74) is 0. The van der Waals surface area contributed by atoms with Gasteiger partial charge in [-0.1, -0.05) is 6.08 Å². The van der Waals surface area contributed by atoms with Gasteiger partial charge < -0.3 is 4.42 Å². The standard InChI is InChI=1S/C6H6NO/c1-2-3-6-7-4-5-8-6/h2,5H,1,3H2. The Morgan fingerprint density at radius 3 is 3.38 bits per heavy atom. The predicted molar refractivity (Wildman–Crippen MR) is 29.2 cm³/mol. The average Bonchev–Trinajstić information content (AvgIpc) is 2.19. The van der Waals surface area contributed by atoms with E-state index in [0.717, 1.165) is 0 Å². The summed E-state index contributed by atoms with van der Waals surface area (Å²) < 4.78 is 4.84. The van der Waals surface area contributed by atoms with Gasteiger partial charge in [-0.05, 0) is 0 Å². The van der Waals surface area contributed by atoms with Gasteiger partial charge in [0.1, 0.15) is 12.5 Å². The zero-order valence-corrected chi connectivity index (χ0v) is 4.42. The summed E-state index contributed by atoms with van der Waals surface area (Å²) in [4.78, 5) is 3.74. The van der Waals surface area contributed by atoms with Gasteiger partial charge in [0.2, 0.25) is 0 Å². The Morgan fingerprint density at radius 1 is 2.00 bits per heavy atom. The number of allylic oxidation sites excluding steroid dienone is 1. The third-order valence-electron chi connectivity index (χ3n) is 0.756. The first-order valence-corrected chi connectivity index (χ1v) is 2.35. The van der Waals surface area contributed by atoms with Gasteiger partial charge in [0.25, 0.3) is 0 Å². The fourth-order valence-electron chi connectivity index (χ4n) is 0.436. The van der Waals surface area contributed by atoms with Crippen LogP contribution in [0.1, 0.15) is 5.89 Å². The van der Waals surface area contributed by atoms with Gasteiger partial charge in [-0.3, -0.25) is 0 Å². The van der Waals surface area contributed by atoms with Gasteiger partial charge >= 0.3 is 0 Å². The largest absolute Gasteiger partial charge is 0.448 e. The number of nitrogens with zero attached hydrogens (tertiary/aromatic N) is 1. The fraction of sp³-hybridized carbons (Fsp3) is 0.167. The molecule has 0 unspecified atom stereocenters. The number of hydrogen-bond donors (Lipinski definition) is 0. The quantitative estimate of drug-likeness (QED) is 0.532. The van der Waals surface area contributed by atoms with E-state index in [0.29, 0.717) is 12.3 Å². The third-order valence-corrected chi connectivity index (χ3v) is 0.756. The number of oxazole rings is 1. The second-order valence-corrected chi connectivity index (χ2v) is 1.36. The maximum absolute atomic E-state index is 4.84. The first-order chi connectivity index (χ1) is 3.93. The molecule has 2 nitrogen and oxygen atoms in total. The SMILES string of the molecule is C=CCc1n[c]co1. The molecular formula is C6H6NO. The molecule has 0 saturated heterocycles. The van der Waals surface area contributed by atoms with E-state index in [1.54, 1.807) is 6.08 Å². The van der Waals surface area contributed by atoms with Gasteiger partial charge in [0.15, 0.2) is 5.89 Å². The van der Waals surface area contributed by atoms with Crippen molar-refractivity contribution in [1.82, 2.24) is 4.98 Å². The van der Waals surface area contributed by atoms with Crippen LogP contribution in [0.4, 0.5) is 0 Å². The van der Waals surface area contributed by atoms with Gasteiger partial charge in [-0.2, -0.15) is 0 Å². The summed E-state index contributed by atoms with van der Waals surface area (Å²) in [6.45, 7) is 3.52. The van der Waals surface area contributed by atoms with Crippen LogP contribution >= 0.6 is 0 Å². The van der Waals surface area contributed by atoms with Crippen molar-refractivity contribution in [2.75, 3.05) is 0 Å². The Kier molecular flexibility index (Phi) is 1.47. The van der Waals surface area contributed by atoms with Crippen molar-refractivity contribution in [2.24, 2.45) is 0 Å². The molecule has 1 heterocycles. The smallest absolute Gasteiger partial charge is 0.198 e. The maximum Gasteiger partial charge on any atom is 0.198 e. The summed E-state index contributed by atoms with van der Waals surface area (Å²) in [5, 5.41) is 0. The van der Waals surface area contributed by atoms with Crippen molar-refractivity contribution in [3.8, 4) is 0 Å². The molecule has 0 saturated carbocycles. The molecule has 0 amide bonds. The van der Waals surface area contributed by atoms with Crippen LogP contribution in [0.25, 0.3) is 0 Å². The molecule has 1 aromatic rings. The summed E-state index contributed by atoms with van der Waals surface area (Å²) in [5.74, 6) is 0.667. The first kappa shape index (κ1) is 5.09. The predicted octanol–water partition coefficient (Wildman–Crippen LogP) is 1.20. The molecule has 0 N–H and O–H groups in total. The van der Waals surface area contributed by atoms with Crippen LogP contribution in [-0.2, 0) is 6.42 Å². The van der Waals surface area contributed by atoms with Crippen molar-refractivity contribution in [3.63, 3.8) is 0 Å². The van der Waals surface area contributed by atoms with Gasteiger partial charge in [0.05, 0.1) is 0 Å². The molecule has 2 heteroatoms. The van der Waals surface area contributed by atoms with Crippen molar-refractivity contribution < 1.29 is 4.42 Å². The van der Waals surface area contributed by atoms with Crippen LogP contribution in [0.5, 0.6) is 0 Å². The summed E-state index contributed by atoms with van der Waals surface area (Å²) in [6.07, 6.45) is 6.40. The average molecular weight is 108 g/mol. The lowest BCUT2D eigenvalue weighted by molar-refractivity contribution is 0.509. The topological polar surface area (TPSA) is 26.0 Å². The summed E-state index contributed by atoms with van der Waals surface area (Å²) >= 11 is 0. The lowest BCUT2D eigenvalue weighted by Crippen LogP contribution is -1.75. The molecule has 0 atom stereocenters. The van der Waals surface area contributed by atoms with Crippen molar-refractivity contribution in [1.29, 1.82) is 0 Å². The second kappa shape index (κ2) is 2.31. The molecule has 0 aliphatic heterocycles. The van der Waals surface area contributed by atoms with Crippen LogP contribution in [-0.4, -0.2) is 4.98 Å². The molecule has 0 aromatic carbocycles. The fourth-order valence-corrected chi connectivity index (χ4v) is 0.436. The van der Waals surface area contributed by atoms with E-state index in [1.165, 1.54) is 6.26 Å². The van der Waals surface area contributed by atoms with E-state index in [1.807, 2.05) is 0 Å². The second-order valence-electron chi connectivity index (χ2n) is 1.36. The molecule has 8 heavy (non-hydrogen) atoms. The Morgan fingerprint density at radius 2 is 2.88 bits per heavy atom. The minimum Gasteiger partial charge on any atom is -0.448 e. The number of aromatic nitrogens is 1. The van der Waals surface area contributed by atoms with Crippen LogP contribution in [0, 0.1) is 6.20 Å². The zero-order chi connectivity index (χ0) is 5.82. The first-order valence-electron chi connectivity index (χ1n) is 2.35. The highest BCUT2D eigenvalue weighted by molar-refractivity contribution is 4.86. The van der Waals surface area contributed by atoms with Crippen molar-refractivity contribution in [2.45, 2.75) is 6.42 Å². The molecule has 0 aliphatic rings. The molecule has 0 spiro atoms. The molecular weight excluding hydrogens is 102 g/mol. The summed E-state index contributed by atoms with van der Waals surface area (Å²) in [7, 11) is 0. The molecule has 1 aromatic heterocycles. The van der Waals surface area contributed by atoms with Gasteiger partial charge in [-0.15, -0.1) is 6.58 Å². The van der Waals surface area contributed by atoms with Crippen LogP contribution in [0.2, 0.25) is 0 Å². The highest BCUT2D eigenvalue weighted by Crippen LogP contribution is 1.93. The van der Waals surface area contributed by atoms with Crippen LogP contribution in [0.3, 0.4) is 0 Å². The monoisotopic (exact) mass is 108 g/mol. The molecule has 1 rings (SSSR count). The lowest BCUT2D eigenvalue weighted by Gasteiger charge is -1.79. The molecule has 0 fully saturated rings. The zero-order valence-electron chi connectivity index (χ0n) is 4.42. The van der Waals surface area contributed by atoms with E-state index in [2.05, 4.69) is 17.8 Å². The van der Waals surface area contributed by atoms with Gasteiger partial charge in [0, 0.05) is 6.42 Å². The Bertz CT molecular complexity index is 155. The van der Waals surface area contributed by atoms with Crippen LogP contribution < -0.4 is 0 Å². The van der Waals surface area contributed by atoms with E-state index in [-0.39, 0.29) is 0 Å². The van der Waals surface area contributed by atoms with E-state index in [4.69, 9.17) is 4.42 Å². The van der Waals surface area contributed by atoms with E-state index >= 15 is 0 Å². The van der Waals surface area contributed by atoms with Crippen LogP contribution in [0.15, 0.2) is 23.3 Å². The highest BCUT2D eigenvalue weighted by Gasteiger charge is 1.89.